The maximum Gasteiger partial charge on any atom is 1.00 e. The second kappa shape index (κ2) is 14.5. The molecule has 0 rings (SSSR count). The molecule has 0 radical (unpaired) electrons. The molecule has 0 aromatic carbocycles. The fraction of sp³-hybridized carbons (Fsp3) is 0.800. The predicted molar refractivity (Wildman–Crippen MR) is 72.6 cm³/mol. The van der Waals surface area contributed by atoms with Crippen molar-refractivity contribution >= 4 is 35.1 Å². The quantitative estimate of drug-likeness (QED) is 0.146. The molecule has 13 heteroatoms. The van der Waals surface area contributed by atoms with Crippen molar-refractivity contribution in [3.05, 3.63) is 0 Å². The Morgan fingerprint density at radius 2 is 1.61 bits per heavy atom. The van der Waals surface area contributed by atoms with E-state index in [2.05, 4.69) is 24.8 Å². The molecule has 0 aromatic heterocycles. The third-order valence-electron chi connectivity index (χ3n) is 2.74. The van der Waals surface area contributed by atoms with E-state index in [0.717, 1.165) is 0 Å². The standard InChI is InChI=1S/C10H18FNO7S2.2Na/c11-1-4(9(18)19)12(10(20)21)2-5(14)7(16)8(17)6(15)3-13;;/h4-8,13-17H,1-3H2,(H,18,19)(H,20,21);;/q;2*+1/p-2. The number of hydrogen-bond acceptors (Lipinski definition) is 9. The summed E-state index contributed by atoms with van der Waals surface area (Å²) in [6, 6.07) is -1.85. The van der Waals surface area contributed by atoms with Gasteiger partial charge < -0.3 is 65.2 Å². The number of aliphatic hydroxyl groups excluding tert-OH is 5. The average molecular weight is 391 g/mol. The van der Waals surface area contributed by atoms with Crippen molar-refractivity contribution in [2.45, 2.75) is 30.5 Å². The minimum atomic E-state index is -1.94. The van der Waals surface area contributed by atoms with Crippen molar-refractivity contribution in [1.29, 1.82) is 0 Å². The second-order valence-electron chi connectivity index (χ2n) is 4.21. The summed E-state index contributed by atoms with van der Waals surface area (Å²) in [6.45, 7) is -2.98. The summed E-state index contributed by atoms with van der Waals surface area (Å²) < 4.78 is 12.2. The molecule has 0 fully saturated rings. The minimum Gasteiger partial charge on any atom is -0.548 e. The molecule has 5 N–H and O–H groups in total. The van der Waals surface area contributed by atoms with E-state index in [9.17, 15) is 29.6 Å². The number of rotatable bonds is 9. The summed E-state index contributed by atoms with van der Waals surface area (Å²) in [6.07, 6.45) is -7.38. The molecule has 0 heterocycles. The molecule has 0 saturated heterocycles. The molecular formula is C10H16FNNa2O7S2. The third-order valence-corrected chi connectivity index (χ3v) is 3.21. The Morgan fingerprint density at radius 3 is 1.91 bits per heavy atom. The number of halogens is 1. The topological polar surface area (TPSA) is 145 Å². The summed E-state index contributed by atoms with van der Waals surface area (Å²) in [5, 5.41) is 57.2. The molecule has 0 bridgehead atoms. The zero-order valence-electron chi connectivity index (χ0n) is 12.7. The van der Waals surface area contributed by atoms with Gasteiger partial charge in [-0.15, -0.1) is 0 Å². The van der Waals surface area contributed by atoms with Gasteiger partial charge in [0.2, 0.25) is 0 Å². The molecule has 0 aliphatic heterocycles. The Labute approximate surface area is 187 Å². The number of carbonyl (C=O) groups is 1. The van der Waals surface area contributed by atoms with Crippen LogP contribution in [0.3, 0.4) is 0 Å². The molecule has 8 nitrogen and oxygen atoms in total. The summed E-state index contributed by atoms with van der Waals surface area (Å²) in [5.41, 5.74) is 0. The van der Waals surface area contributed by atoms with E-state index in [4.69, 9.17) is 10.2 Å². The van der Waals surface area contributed by atoms with Crippen LogP contribution in [0.4, 0.5) is 4.39 Å². The summed E-state index contributed by atoms with van der Waals surface area (Å²) in [4.78, 5) is 11.4. The summed E-state index contributed by atoms with van der Waals surface area (Å²) >= 11 is 9.12. The smallest absolute Gasteiger partial charge is 0.548 e. The fourth-order valence-corrected chi connectivity index (χ4v) is 1.88. The number of hydrogen-bond donors (Lipinski definition) is 5. The van der Waals surface area contributed by atoms with Gasteiger partial charge in [-0.3, -0.25) is 0 Å². The molecule has 5 unspecified atom stereocenters. The van der Waals surface area contributed by atoms with Crippen molar-refractivity contribution in [3.63, 3.8) is 0 Å². The molecule has 0 aromatic rings. The van der Waals surface area contributed by atoms with Crippen LogP contribution in [0.15, 0.2) is 0 Å². The Morgan fingerprint density at radius 1 is 1.17 bits per heavy atom. The molecule has 0 amide bonds. The first-order chi connectivity index (χ1) is 9.67. The number of carbonyl (C=O) groups excluding carboxylic acids is 1. The van der Waals surface area contributed by atoms with E-state index >= 15 is 0 Å². The number of aliphatic carboxylic acids is 1. The van der Waals surface area contributed by atoms with Crippen molar-refractivity contribution in [1.82, 2.24) is 4.90 Å². The Bertz CT molecular complexity index is 372. The Balaban J connectivity index is -0.00000200. The molecule has 5 atom stereocenters. The molecule has 0 aliphatic rings. The van der Waals surface area contributed by atoms with Crippen molar-refractivity contribution in [2.75, 3.05) is 19.8 Å². The fourth-order valence-electron chi connectivity index (χ4n) is 1.48. The first kappa shape index (κ1) is 29.1. The molecule has 0 aliphatic carbocycles. The van der Waals surface area contributed by atoms with E-state index in [0.29, 0.717) is 4.90 Å². The average Bonchev–Trinajstić information content (AvgIpc) is 2.43. The minimum absolute atomic E-state index is 0. The van der Waals surface area contributed by atoms with Gasteiger partial charge in [-0.25, -0.2) is 4.39 Å². The van der Waals surface area contributed by atoms with Gasteiger partial charge in [0.25, 0.3) is 0 Å². The van der Waals surface area contributed by atoms with Crippen LogP contribution in [0, 0.1) is 0 Å². The van der Waals surface area contributed by atoms with Crippen LogP contribution in [0.2, 0.25) is 0 Å². The van der Waals surface area contributed by atoms with Gasteiger partial charge in [0.15, 0.2) is 0 Å². The zero-order valence-corrected chi connectivity index (χ0v) is 18.3. The molecular weight excluding hydrogens is 375 g/mol. The molecule has 124 valence electrons. The van der Waals surface area contributed by atoms with Gasteiger partial charge >= 0.3 is 59.1 Å². The number of carboxylic acid groups (broad SMARTS) is 1. The number of thiocarbonyl (C=S) groups is 1. The van der Waals surface area contributed by atoms with Crippen LogP contribution >= 0.6 is 12.2 Å². The van der Waals surface area contributed by atoms with Crippen LogP contribution in [-0.4, -0.2) is 91.0 Å². The maximum absolute atomic E-state index is 12.7. The summed E-state index contributed by atoms with van der Waals surface area (Å²) in [5.74, 6) is -1.82. The normalized spacial score (nSPS) is 16.8. The van der Waals surface area contributed by atoms with Crippen LogP contribution < -0.4 is 64.2 Å². The van der Waals surface area contributed by atoms with Gasteiger partial charge in [0.1, 0.15) is 25.0 Å². The molecule has 0 spiro atoms. The van der Waals surface area contributed by atoms with Crippen molar-refractivity contribution < 1.29 is 98.9 Å². The first-order valence-electron chi connectivity index (χ1n) is 5.74. The number of nitrogens with zero attached hydrogens (tertiary/aromatic N) is 1. The first-order valence-corrected chi connectivity index (χ1v) is 6.56. The SMILES string of the molecule is O=C([O-])C(CF)N(CC(O)C(O)C(O)C(O)CO)C(=S)[S-].[Na+].[Na+]. The van der Waals surface area contributed by atoms with Gasteiger partial charge in [0.05, 0.1) is 24.7 Å². The van der Waals surface area contributed by atoms with Crippen LogP contribution in [0.5, 0.6) is 0 Å². The third kappa shape index (κ3) is 9.54. The Kier molecular flexibility index (Phi) is 18.3. The van der Waals surface area contributed by atoms with E-state index in [1.54, 1.807) is 0 Å². The van der Waals surface area contributed by atoms with E-state index in [-0.39, 0.29) is 59.1 Å². The van der Waals surface area contributed by atoms with Gasteiger partial charge in [0, 0.05) is 6.54 Å². The van der Waals surface area contributed by atoms with Crippen LogP contribution in [0.25, 0.3) is 0 Å². The maximum atomic E-state index is 12.7. The molecule has 0 saturated carbocycles. The largest absolute Gasteiger partial charge is 1.00 e. The molecule has 23 heavy (non-hydrogen) atoms. The van der Waals surface area contributed by atoms with Gasteiger partial charge in [-0.1, -0.05) is 4.32 Å². The van der Waals surface area contributed by atoms with Crippen LogP contribution in [0.1, 0.15) is 0 Å². The monoisotopic (exact) mass is 391 g/mol. The van der Waals surface area contributed by atoms with E-state index in [1.807, 2.05) is 0 Å². The number of carboxylic acids is 1. The van der Waals surface area contributed by atoms with E-state index < -0.39 is 60.6 Å². The number of aliphatic hydroxyl groups is 5. The van der Waals surface area contributed by atoms with Gasteiger partial charge in [-0.05, 0) is 0 Å². The second-order valence-corrected chi connectivity index (χ2v) is 5.24. The Hall–Kier alpha value is 1.31. The summed E-state index contributed by atoms with van der Waals surface area (Å²) in [7, 11) is 0. The van der Waals surface area contributed by atoms with Crippen LogP contribution in [-0.2, 0) is 17.4 Å². The van der Waals surface area contributed by atoms with Crippen molar-refractivity contribution in [2.24, 2.45) is 0 Å². The van der Waals surface area contributed by atoms with Crippen molar-refractivity contribution in [3.8, 4) is 0 Å². The number of alkyl halides is 1. The van der Waals surface area contributed by atoms with E-state index in [1.165, 1.54) is 0 Å². The zero-order chi connectivity index (χ0) is 16.7. The predicted octanol–water partition coefficient (Wildman–Crippen LogP) is -10.3. The van der Waals surface area contributed by atoms with Gasteiger partial charge in [-0.2, -0.15) is 0 Å².